The molecule has 2 fully saturated rings. The van der Waals surface area contributed by atoms with Gasteiger partial charge >= 0.3 is 0 Å². The Morgan fingerprint density at radius 1 is 1.50 bits per heavy atom. The second kappa shape index (κ2) is 4.62. The van der Waals surface area contributed by atoms with Crippen molar-refractivity contribution in [2.75, 3.05) is 18.5 Å². The van der Waals surface area contributed by atoms with Crippen LogP contribution in [0.25, 0.3) is 0 Å². The highest BCUT2D eigenvalue weighted by Gasteiger charge is 2.37. The molecule has 0 aromatic heterocycles. The number of hydrogen-bond acceptors (Lipinski definition) is 2. The summed E-state index contributed by atoms with van der Waals surface area (Å²) in [6.07, 6.45) is 4.39. The Bertz CT molecular complexity index is 222. The van der Waals surface area contributed by atoms with Gasteiger partial charge in [0.1, 0.15) is 0 Å². The maximum Gasteiger partial charge on any atom is 0.223 e. The predicted molar refractivity (Wildman–Crippen MR) is 57.5 cm³/mol. The third-order valence-corrected chi connectivity index (χ3v) is 3.51. The highest BCUT2D eigenvalue weighted by atomic mass is 79.9. The smallest absolute Gasteiger partial charge is 0.223 e. The number of nitrogens with zero attached hydrogens (tertiary/aromatic N) is 1. The molecule has 0 aromatic rings. The van der Waals surface area contributed by atoms with Gasteiger partial charge in [0.25, 0.3) is 0 Å². The highest BCUT2D eigenvalue weighted by molar-refractivity contribution is 9.09. The third-order valence-electron chi connectivity index (χ3n) is 3.11. The lowest BCUT2D eigenvalue weighted by atomic mass is 10.1. The summed E-state index contributed by atoms with van der Waals surface area (Å²) in [7, 11) is 0. The molecule has 0 N–H and O–H groups in total. The number of hydrogen-bond donors (Lipinski definition) is 0. The van der Waals surface area contributed by atoms with E-state index in [0.29, 0.717) is 18.6 Å². The molecule has 0 bridgehead atoms. The molecule has 2 rings (SSSR count). The number of morpholine rings is 1. The van der Waals surface area contributed by atoms with Crippen molar-refractivity contribution in [2.24, 2.45) is 0 Å². The minimum atomic E-state index is 0.280. The van der Waals surface area contributed by atoms with E-state index in [1.54, 1.807) is 0 Å². The molecule has 0 aromatic carbocycles. The van der Waals surface area contributed by atoms with Crippen molar-refractivity contribution in [1.29, 1.82) is 0 Å². The van der Waals surface area contributed by atoms with Crippen molar-refractivity contribution in [3.63, 3.8) is 0 Å². The molecule has 80 valence electrons. The van der Waals surface area contributed by atoms with E-state index in [-0.39, 0.29) is 5.91 Å². The zero-order chi connectivity index (χ0) is 9.97. The van der Waals surface area contributed by atoms with Crippen LogP contribution in [0.3, 0.4) is 0 Å². The average molecular weight is 262 g/mol. The number of halogens is 1. The van der Waals surface area contributed by atoms with E-state index in [1.807, 2.05) is 4.90 Å². The fraction of sp³-hybridized carbons (Fsp3) is 0.900. The molecule has 0 radical (unpaired) electrons. The number of alkyl halides is 1. The average Bonchev–Trinajstić information content (AvgIpc) is 2.65. The van der Waals surface area contributed by atoms with E-state index < -0.39 is 0 Å². The van der Waals surface area contributed by atoms with Gasteiger partial charge in [-0.15, -0.1) is 0 Å². The summed E-state index contributed by atoms with van der Waals surface area (Å²) in [6, 6.07) is 0.371. The Balaban J connectivity index is 1.99. The van der Waals surface area contributed by atoms with Crippen molar-refractivity contribution < 1.29 is 9.53 Å². The van der Waals surface area contributed by atoms with Gasteiger partial charge in [0.2, 0.25) is 5.91 Å². The monoisotopic (exact) mass is 261 g/mol. The first kappa shape index (κ1) is 10.4. The molecular weight excluding hydrogens is 246 g/mol. The van der Waals surface area contributed by atoms with Crippen LogP contribution in [0.2, 0.25) is 0 Å². The Kier molecular flexibility index (Phi) is 3.44. The third kappa shape index (κ3) is 1.96. The lowest BCUT2D eigenvalue weighted by molar-refractivity contribution is -0.143. The molecule has 1 saturated carbocycles. The van der Waals surface area contributed by atoms with Gasteiger partial charge in [0, 0.05) is 18.3 Å². The van der Waals surface area contributed by atoms with Crippen LogP contribution in [0.4, 0.5) is 0 Å². The van der Waals surface area contributed by atoms with Crippen molar-refractivity contribution in [1.82, 2.24) is 4.90 Å². The van der Waals surface area contributed by atoms with Gasteiger partial charge in [0.15, 0.2) is 0 Å². The second-order valence-corrected chi connectivity index (χ2v) is 4.73. The fourth-order valence-electron chi connectivity index (χ4n) is 2.46. The first-order chi connectivity index (χ1) is 6.83. The Morgan fingerprint density at radius 2 is 2.36 bits per heavy atom. The van der Waals surface area contributed by atoms with Gasteiger partial charge in [-0.25, -0.2) is 0 Å². The van der Waals surface area contributed by atoms with Gasteiger partial charge in [-0.1, -0.05) is 15.9 Å². The first-order valence-corrected chi connectivity index (χ1v) is 6.42. The zero-order valence-electron chi connectivity index (χ0n) is 8.25. The van der Waals surface area contributed by atoms with E-state index in [4.69, 9.17) is 4.74 Å². The molecule has 1 aliphatic heterocycles. The minimum absolute atomic E-state index is 0.280. The SMILES string of the molecule is O=C(CCBr)N1CCOC2CCCC21. The minimum Gasteiger partial charge on any atom is -0.374 e. The second-order valence-electron chi connectivity index (χ2n) is 3.93. The van der Waals surface area contributed by atoms with Crippen LogP contribution in [0.15, 0.2) is 0 Å². The van der Waals surface area contributed by atoms with Crippen LogP contribution in [0.1, 0.15) is 25.7 Å². The number of rotatable bonds is 2. The van der Waals surface area contributed by atoms with Crippen molar-refractivity contribution in [3.8, 4) is 0 Å². The Morgan fingerprint density at radius 3 is 3.14 bits per heavy atom. The lowest BCUT2D eigenvalue weighted by Gasteiger charge is -2.37. The van der Waals surface area contributed by atoms with Crippen LogP contribution in [0, 0.1) is 0 Å². The van der Waals surface area contributed by atoms with Crippen LogP contribution in [0.5, 0.6) is 0 Å². The molecule has 4 heteroatoms. The van der Waals surface area contributed by atoms with Crippen molar-refractivity contribution >= 4 is 21.8 Å². The van der Waals surface area contributed by atoms with E-state index in [2.05, 4.69) is 15.9 Å². The number of carbonyl (C=O) groups excluding carboxylic acids is 1. The Hall–Kier alpha value is -0.0900. The molecule has 14 heavy (non-hydrogen) atoms. The number of carbonyl (C=O) groups is 1. The van der Waals surface area contributed by atoms with Crippen LogP contribution in [-0.2, 0) is 9.53 Å². The van der Waals surface area contributed by atoms with Gasteiger partial charge in [-0.2, -0.15) is 0 Å². The number of amides is 1. The van der Waals surface area contributed by atoms with Gasteiger partial charge in [-0.3, -0.25) is 4.79 Å². The molecule has 1 amide bonds. The van der Waals surface area contributed by atoms with E-state index in [1.165, 1.54) is 6.42 Å². The highest BCUT2D eigenvalue weighted by Crippen LogP contribution is 2.29. The summed E-state index contributed by atoms with van der Waals surface area (Å²) in [5.41, 5.74) is 0. The Labute approximate surface area is 92.9 Å². The maximum absolute atomic E-state index is 11.8. The standard InChI is InChI=1S/C10H16BrNO2/c11-5-4-10(13)12-6-7-14-9-3-1-2-8(9)12/h8-9H,1-7H2. The molecule has 1 aliphatic carbocycles. The van der Waals surface area contributed by atoms with E-state index in [9.17, 15) is 4.79 Å². The van der Waals surface area contributed by atoms with Crippen LogP contribution >= 0.6 is 15.9 Å². The molecule has 3 nitrogen and oxygen atoms in total. The van der Waals surface area contributed by atoms with Gasteiger partial charge < -0.3 is 9.64 Å². The topological polar surface area (TPSA) is 29.5 Å². The largest absolute Gasteiger partial charge is 0.374 e. The quantitative estimate of drug-likeness (QED) is 0.707. The summed E-state index contributed by atoms with van der Waals surface area (Å²) in [5, 5.41) is 0.764. The lowest BCUT2D eigenvalue weighted by Crippen LogP contribution is -2.51. The predicted octanol–water partition coefficient (Wildman–Crippen LogP) is 1.55. The number of fused-ring (bicyclic) bond motifs is 1. The molecule has 2 atom stereocenters. The van der Waals surface area contributed by atoms with E-state index >= 15 is 0 Å². The summed E-state index contributed by atoms with van der Waals surface area (Å²) >= 11 is 3.31. The molecule has 2 aliphatic rings. The summed E-state index contributed by atoms with van der Waals surface area (Å²) in [5.74, 6) is 0.280. The fourth-order valence-corrected chi connectivity index (χ4v) is 2.80. The van der Waals surface area contributed by atoms with Gasteiger partial charge in [-0.05, 0) is 19.3 Å². The normalized spacial score (nSPS) is 31.6. The maximum atomic E-state index is 11.8. The van der Waals surface area contributed by atoms with Crippen molar-refractivity contribution in [2.45, 2.75) is 37.8 Å². The van der Waals surface area contributed by atoms with E-state index in [0.717, 1.165) is 31.3 Å². The zero-order valence-corrected chi connectivity index (χ0v) is 9.83. The molecule has 2 unspecified atom stereocenters. The number of ether oxygens (including phenoxy) is 1. The van der Waals surface area contributed by atoms with Crippen LogP contribution < -0.4 is 0 Å². The molecular formula is C10H16BrNO2. The first-order valence-electron chi connectivity index (χ1n) is 5.30. The van der Waals surface area contributed by atoms with Gasteiger partial charge in [0.05, 0.1) is 18.8 Å². The summed E-state index contributed by atoms with van der Waals surface area (Å²) < 4.78 is 5.65. The molecule has 0 spiro atoms. The van der Waals surface area contributed by atoms with Crippen molar-refractivity contribution in [3.05, 3.63) is 0 Å². The molecule has 1 heterocycles. The molecule has 1 saturated heterocycles. The summed E-state index contributed by atoms with van der Waals surface area (Å²) in [6.45, 7) is 1.50. The van der Waals surface area contributed by atoms with Crippen LogP contribution in [-0.4, -0.2) is 41.4 Å². The summed E-state index contributed by atoms with van der Waals surface area (Å²) in [4.78, 5) is 13.8.